The summed E-state index contributed by atoms with van der Waals surface area (Å²) in [5.74, 6) is -1.19. The lowest BCUT2D eigenvalue weighted by molar-refractivity contribution is -0.137. The van der Waals surface area contributed by atoms with Gasteiger partial charge < -0.3 is 10.0 Å². The fourth-order valence-electron chi connectivity index (χ4n) is 2.53. The van der Waals surface area contributed by atoms with Crippen LogP contribution in [0.4, 0.5) is 4.79 Å². The number of thiol groups is 1. The van der Waals surface area contributed by atoms with Gasteiger partial charge in [-0.2, -0.15) is 12.6 Å². The maximum Gasteiger partial charge on any atom is 0.328 e. The number of carbonyl (C=O) groups is 3. The van der Waals surface area contributed by atoms with Crippen molar-refractivity contribution in [2.75, 3.05) is 13.1 Å². The molecule has 0 bridgehead atoms. The highest BCUT2D eigenvalue weighted by molar-refractivity contribution is 7.80. The summed E-state index contributed by atoms with van der Waals surface area (Å²) in [4.78, 5) is 37.4. The number of rotatable bonds is 8. The molecule has 2 rings (SSSR count). The third kappa shape index (κ3) is 4.72. The lowest BCUT2D eigenvalue weighted by Gasteiger charge is -2.22. The average Bonchev–Trinajstić information content (AvgIpc) is 2.80. The summed E-state index contributed by atoms with van der Waals surface area (Å²) in [6, 6.07) is 9.43. The van der Waals surface area contributed by atoms with Gasteiger partial charge in [-0.05, 0) is 24.8 Å². The first kappa shape index (κ1) is 17.3. The molecule has 1 heterocycles. The van der Waals surface area contributed by atoms with E-state index >= 15 is 0 Å². The van der Waals surface area contributed by atoms with Crippen LogP contribution >= 0.6 is 12.6 Å². The standard InChI is InChI=1S/C16H20N2O4S/c19-13-11-17(10-4-7-15(20)21)16(22)18(13)14(23)9-8-12-5-2-1-3-6-12/h1-3,5-6,14,23H,4,7-11H2,(H,20,21). The van der Waals surface area contributed by atoms with Crippen molar-refractivity contribution >= 4 is 30.5 Å². The maximum atomic E-state index is 12.3. The van der Waals surface area contributed by atoms with Gasteiger partial charge in [0.15, 0.2) is 0 Å². The van der Waals surface area contributed by atoms with Gasteiger partial charge in [-0.15, -0.1) is 0 Å². The number of nitrogens with zero attached hydrogens (tertiary/aromatic N) is 2. The van der Waals surface area contributed by atoms with Crippen LogP contribution in [0.15, 0.2) is 30.3 Å². The number of hydrogen-bond acceptors (Lipinski definition) is 4. The van der Waals surface area contributed by atoms with Crippen LogP contribution in [0.3, 0.4) is 0 Å². The first-order valence-electron chi connectivity index (χ1n) is 7.54. The highest BCUT2D eigenvalue weighted by atomic mass is 32.1. The highest BCUT2D eigenvalue weighted by Crippen LogP contribution is 2.20. The smallest absolute Gasteiger partial charge is 0.328 e. The minimum absolute atomic E-state index is 0.000843. The van der Waals surface area contributed by atoms with E-state index in [0.717, 1.165) is 12.0 Å². The van der Waals surface area contributed by atoms with Gasteiger partial charge in [-0.25, -0.2) is 4.79 Å². The van der Waals surface area contributed by atoms with E-state index in [-0.39, 0.29) is 31.4 Å². The summed E-state index contributed by atoms with van der Waals surface area (Å²) < 4.78 is 0. The zero-order chi connectivity index (χ0) is 16.8. The molecule has 23 heavy (non-hydrogen) atoms. The monoisotopic (exact) mass is 336 g/mol. The van der Waals surface area contributed by atoms with Gasteiger partial charge in [0.05, 0.1) is 5.37 Å². The Kier molecular flexibility index (Phi) is 6.04. The van der Waals surface area contributed by atoms with Crippen molar-refractivity contribution in [1.29, 1.82) is 0 Å². The van der Waals surface area contributed by atoms with Crippen LogP contribution in [0.2, 0.25) is 0 Å². The molecule has 1 atom stereocenters. The van der Waals surface area contributed by atoms with Crippen LogP contribution in [0.1, 0.15) is 24.8 Å². The predicted octanol–water partition coefficient (Wildman–Crippen LogP) is 2.00. The number of urea groups is 1. The SMILES string of the molecule is O=C(O)CCCN1CC(=O)N(C(S)CCc2ccccc2)C1=O. The summed E-state index contributed by atoms with van der Waals surface area (Å²) in [6.45, 7) is 0.271. The van der Waals surface area contributed by atoms with Crippen LogP contribution in [0.5, 0.6) is 0 Å². The van der Waals surface area contributed by atoms with E-state index in [0.29, 0.717) is 12.8 Å². The lowest BCUT2D eigenvalue weighted by atomic mass is 10.1. The Morgan fingerprint density at radius 3 is 2.61 bits per heavy atom. The fraction of sp³-hybridized carbons (Fsp3) is 0.438. The van der Waals surface area contributed by atoms with E-state index in [4.69, 9.17) is 5.11 Å². The van der Waals surface area contributed by atoms with Gasteiger partial charge in [0.2, 0.25) is 0 Å². The van der Waals surface area contributed by atoms with E-state index in [1.807, 2.05) is 30.3 Å². The third-order valence-electron chi connectivity index (χ3n) is 3.72. The van der Waals surface area contributed by atoms with Crippen LogP contribution in [0.25, 0.3) is 0 Å². The molecule has 6 nitrogen and oxygen atoms in total. The Labute approximate surface area is 140 Å². The van der Waals surface area contributed by atoms with Crippen molar-refractivity contribution in [3.63, 3.8) is 0 Å². The summed E-state index contributed by atoms with van der Waals surface area (Å²) in [7, 11) is 0. The van der Waals surface area contributed by atoms with Gasteiger partial charge >= 0.3 is 12.0 Å². The Bertz CT molecular complexity index is 579. The van der Waals surface area contributed by atoms with Crippen molar-refractivity contribution in [2.24, 2.45) is 0 Å². The number of carbonyl (C=O) groups excluding carboxylic acids is 2. The lowest BCUT2D eigenvalue weighted by Crippen LogP contribution is -2.39. The zero-order valence-corrected chi connectivity index (χ0v) is 13.6. The van der Waals surface area contributed by atoms with Crippen LogP contribution in [0, 0.1) is 0 Å². The number of hydrogen-bond donors (Lipinski definition) is 2. The summed E-state index contributed by atoms with van der Waals surface area (Å²) in [5.41, 5.74) is 1.13. The second-order valence-corrected chi connectivity index (χ2v) is 6.07. The van der Waals surface area contributed by atoms with Crippen molar-refractivity contribution < 1.29 is 19.5 Å². The molecule has 1 saturated heterocycles. The van der Waals surface area contributed by atoms with E-state index < -0.39 is 11.3 Å². The van der Waals surface area contributed by atoms with E-state index in [9.17, 15) is 14.4 Å². The van der Waals surface area contributed by atoms with Gasteiger partial charge in [-0.3, -0.25) is 14.5 Å². The second-order valence-electron chi connectivity index (χ2n) is 5.47. The summed E-state index contributed by atoms with van der Waals surface area (Å²) >= 11 is 4.40. The Balaban J connectivity index is 1.87. The number of carboxylic acids is 1. The average molecular weight is 336 g/mol. The largest absolute Gasteiger partial charge is 0.481 e. The molecule has 1 aliphatic heterocycles. The molecule has 0 spiro atoms. The summed E-state index contributed by atoms with van der Waals surface area (Å²) in [6.07, 6.45) is 1.62. The van der Waals surface area contributed by atoms with E-state index in [1.54, 1.807) is 0 Å². The van der Waals surface area contributed by atoms with Crippen LogP contribution in [-0.2, 0) is 16.0 Å². The van der Waals surface area contributed by atoms with Crippen molar-refractivity contribution in [3.8, 4) is 0 Å². The normalized spacial score (nSPS) is 16.0. The predicted molar refractivity (Wildman–Crippen MR) is 88.2 cm³/mol. The molecule has 1 fully saturated rings. The molecular weight excluding hydrogens is 316 g/mol. The van der Waals surface area contributed by atoms with Gasteiger partial charge in [-0.1, -0.05) is 30.3 Å². The molecule has 7 heteroatoms. The molecule has 124 valence electrons. The van der Waals surface area contributed by atoms with Crippen molar-refractivity contribution in [1.82, 2.24) is 9.80 Å². The molecule has 1 aromatic rings. The Morgan fingerprint density at radius 2 is 1.96 bits per heavy atom. The maximum absolute atomic E-state index is 12.3. The first-order chi connectivity index (χ1) is 11.0. The number of carboxylic acid groups (broad SMARTS) is 1. The van der Waals surface area contributed by atoms with Crippen LogP contribution in [-0.4, -0.2) is 51.3 Å². The third-order valence-corrected chi connectivity index (χ3v) is 4.21. The van der Waals surface area contributed by atoms with Crippen molar-refractivity contribution in [2.45, 2.75) is 31.1 Å². The molecule has 1 N–H and O–H groups in total. The molecule has 1 aliphatic rings. The van der Waals surface area contributed by atoms with Gasteiger partial charge in [0, 0.05) is 13.0 Å². The number of imide groups is 1. The number of amides is 3. The number of aryl methyl sites for hydroxylation is 1. The quantitative estimate of drug-likeness (QED) is 0.562. The summed E-state index contributed by atoms with van der Waals surface area (Å²) in [5, 5.41) is 8.16. The van der Waals surface area contributed by atoms with Gasteiger partial charge in [0.1, 0.15) is 6.54 Å². The molecular formula is C16H20N2O4S. The second kappa shape index (κ2) is 8.01. The minimum atomic E-state index is -0.908. The Morgan fingerprint density at radius 1 is 1.26 bits per heavy atom. The van der Waals surface area contributed by atoms with Crippen LogP contribution < -0.4 is 0 Å². The molecule has 3 amide bonds. The molecule has 0 aromatic heterocycles. The number of benzene rings is 1. The minimum Gasteiger partial charge on any atom is -0.481 e. The molecule has 1 aromatic carbocycles. The van der Waals surface area contributed by atoms with Crippen molar-refractivity contribution in [3.05, 3.63) is 35.9 Å². The zero-order valence-electron chi connectivity index (χ0n) is 12.7. The van der Waals surface area contributed by atoms with E-state index in [2.05, 4.69) is 12.6 Å². The Hall–Kier alpha value is -2.02. The number of aliphatic carboxylic acids is 1. The first-order valence-corrected chi connectivity index (χ1v) is 8.05. The van der Waals surface area contributed by atoms with E-state index in [1.165, 1.54) is 9.80 Å². The molecule has 1 unspecified atom stereocenters. The highest BCUT2D eigenvalue weighted by Gasteiger charge is 2.38. The molecule has 0 radical (unpaired) electrons. The topological polar surface area (TPSA) is 77.9 Å². The molecule has 0 saturated carbocycles. The molecule has 0 aliphatic carbocycles. The van der Waals surface area contributed by atoms with Gasteiger partial charge in [0.25, 0.3) is 5.91 Å². The fourth-order valence-corrected chi connectivity index (χ4v) is 2.88.